The molecule has 7 heteroatoms. The van der Waals surface area contributed by atoms with E-state index in [9.17, 15) is 4.39 Å². The molecule has 0 spiro atoms. The van der Waals surface area contributed by atoms with Crippen molar-refractivity contribution in [1.82, 2.24) is 15.6 Å². The van der Waals surface area contributed by atoms with Crippen LogP contribution in [0.25, 0.3) is 0 Å². The van der Waals surface area contributed by atoms with Crippen LogP contribution in [0.4, 0.5) is 10.2 Å². The molecule has 1 aliphatic rings. The van der Waals surface area contributed by atoms with E-state index in [0.717, 1.165) is 30.1 Å². The maximum atomic E-state index is 14.0. The monoisotopic (exact) mass is 413 g/mol. The summed E-state index contributed by atoms with van der Waals surface area (Å²) in [6.45, 7) is 8.87. The van der Waals surface area contributed by atoms with Crippen molar-refractivity contribution in [3.63, 3.8) is 0 Å². The number of aromatic nitrogens is 1. The first kappa shape index (κ1) is 22.0. The highest BCUT2D eigenvalue weighted by Crippen LogP contribution is 2.20. The highest BCUT2D eigenvalue weighted by atomic mass is 19.1. The fraction of sp³-hybridized carbons (Fsp3) is 0.478. The minimum absolute atomic E-state index is 0.159. The van der Waals surface area contributed by atoms with Crippen LogP contribution in [0.15, 0.2) is 47.6 Å². The lowest BCUT2D eigenvalue weighted by Crippen LogP contribution is -2.44. The summed E-state index contributed by atoms with van der Waals surface area (Å²) in [4.78, 5) is 10.5. The predicted molar refractivity (Wildman–Crippen MR) is 119 cm³/mol. The first-order chi connectivity index (χ1) is 14.3. The Balaban J connectivity index is 1.50. The number of nitrogens with zero attached hydrogens (tertiary/aromatic N) is 3. The summed E-state index contributed by atoms with van der Waals surface area (Å²) in [6.07, 6.45) is 2.52. The van der Waals surface area contributed by atoms with Crippen LogP contribution in [0.1, 0.15) is 38.3 Å². The molecule has 0 aliphatic carbocycles. The maximum Gasteiger partial charge on any atom is 0.191 e. The van der Waals surface area contributed by atoms with Gasteiger partial charge in [0.25, 0.3) is 0 Å². The van der Waals surface area contributed by atoms with Crippen molar-refractivity contribution in [2.75, 3.05) is 25.0 Å². The first-order valence-electron chi connectivity index (χ1n) is 10.4. The van der Waals surface area contributed by atoms with Crippen molar-refractivity contribution in [3.8, 4) is 0 Å². The molecule has 1 atom stereocenters. The van der Waals surface area contributed by atoms with Crippen LogP contribution in [0.5, 0.6) is 0 Å². The summed E-state index contributed by atoms with van der Waals surface area (Å²) in [5.74, 6) is 0.870. The van der Waals surface area contributed by atoms with Crippen LogP contribution in [-0.4, -0.2) is 42.7 Å². The second-order valence-corrected chi connectivity index (χ2v) is 8.53. The Morgan fingerprint density at radius 1 is 1.27 bits per heavy atom. The predicted octanol–water partition coefficient (Wildman–Crippen LogP) is 3.48. The van der Waals surface area contributed by atoms with E-state index in [1.54, 1.807) is 19.3 Å². The van der Waals surface area contributed by atoms with Crippen LogP contribution in [-0.2, 0) is 17.9 Å². The van der Waals surface area contributed by atoms with E-state index in [2.05, 4.69) is 59.6 Å². The third-order valence-electron chi connectivity index (χ3n) is 4.91. The zero-order valence-corrected chi connectivity index (χ0v) is 18.3. The number of nitrogens with one attached hydrogen (secondary N) is 2. The first-order valence-corrected chi connectivity index (χ1v) is 10.4. The van der Waals surface area contributed by atoms with Crippen LogP contribution >= 0.6 is 0 Å². The molecule has 1 aliphatic heterocycles. The van der Waals surface area contributed by atoms with Crippen molar-refractivity contribution in [1.29, 1.82) is 0 Å². The number of hydrogen-bond acceptors (Lipinski definition) is 4. The maximum absolute atomic E-state index is 14.0. The lowest BCUT2D eigenvalue weighted by molar-refractivity contribution is -0.0149. The summed E-state index contributed by atoms with van der Waals surface area (Å²) in [5.41, 5.74) is 2.15. The fourth-order valence-electron chi connectivity index (χ4n) is 3.38. The Bertz CT molecular complexity index is 865. The molecule has 2 heterocycles. The number of hydrogen-bond donors (Lipinski definition) is 2. The topological polar surface area (TPSA) is 61.8 Å². The van der Waals surface area contributed by atoms with Gasteiger partial charge in [0.2, 0.25) is 0 Å². The molecule has 1 fully saturated rings. The Kier molecular flexibility index (Phi) is 7.26. The molecule has 2 aromatic rings. The smallest absolute Gasteiger partial charge is 0.191 e. The molecule has 3 rings (SSSR count). The third-order valence-corrected chi connectivity index (χ3v) is 4.91. The number of halogens is 1. The number of benzene rings is 1. The molecule has 0 bridgehead atoms. The average Bonchev–Trinajstić information content (AvgIpc) is 3.18. The van der Waals surface area contributed by atoms with Crippen molar-refractivity contribution >= 4 is 11.8 Å². The van der Waals surface area contributed by atoms with Crippen molar-refractivity contribution in [2.45, 2.75) is 52.0 Å². The summed E-state index contributed by atoms with van der Waals surface area (Å²) >= 11 is 0. The summed E-state index contributed by atoms with van der Waals surface area (Å²) < 4.78 is 19.9. The van der Waals surface area contributed by atoms with Crippen LogP contribution in [0.2, 0.25) is 0 Å². The van der Waals surface area contributed by atoms with Gasteiger partial charge in [-0.2, -0.15) is 0 Å². The number of guanidine groups is 1. The standard InChI is InChI=1S/C23H32FN5O/c1-23(2,3)30-16-18-8-5-7-17(13-18)14-27-22(25-4)28-19-10-12-29(15-19)21-20(24)9-6-11-26-21/h5-9,11,13,19H,10,12,14-16H2,1-4H3,(H2,25,27,28). The normalized spacial score (nSPS) is 17.3. The Morgan fingerprint density at radius 3 is 2.80 bits per heavy atom. The molecule has 30 heavy (non-hydrogen) atoms. The number of aliphatic imine (C=N–C) groups is 1. The molecular formula is C23H32FN5O. The van der Waals surface area contributed by atoms with Gasteiger partial charge in [0.05, 0.1) is 12.2 Å². The molecule has 0 radical (unpaired) electrons. The molecule has 1 saturated heterocycles. The molecule has 1 unspecified atom stereocenters. The van der Waals surface area contributed by atoms with E-state index < -0.39 is 0 Å². The van der Waals surface area contributed by atoms with Gasteiger partial charge in [0.15, 0.2) is 17.6 Å². The quantitative estimate of drug-likeness (QED) is 0.561. The lowest BCUT2D eigenvalue weighted by atomic mass is 10.1. The van der Waals surface area contributed by atoms with Gasteiger partial charge in [0, 0.05) is 38.9 Å². The second-order valence-electron chi connectivity index (χ2n) is 8.53. The minimum atomic E-state index is -0.282. The SMILES string of the molecule is CN=C(NCc1cccc(COC(C)(C)C)c1)NC1CCN(c2ncccc2F)C1. The summed E-state index contributed by atoms with van der Waals surface area (Å²) in [5, 5.41) is 6.81. The van der Waals surface area contributed by atoms with E-state index in [4.69, 9.17) is 4.74 Å². The van der Waals surface area contributed by atoms with Crippen molar-refractivity contribution in [2.24, 2.45) is 4.99 Å². The van der Waals surface area contributed by atoms with Crippen molar-refractivity contribution in [3.05, 3.63) is 59.5 Å². The van der Waals surface area contributed by atoms with E-state index in [-0.39, 0.29) is 17.5 Å². The summed E-state index contributed by atoms with van der Waals surface area (Å²) in [6, 6.07) is 11.6. The number of ether oxygens (including phenoxy) is 1. The average molecular weight is 414 g/mol. The zero-order valence-electron chi connectivity index (χ0n) is 18.3. The Labute approximate surface area is 178 Å². The molecule has 162 valence electrons. The van der Waals surface area contributed by atoms with Crippen LogP contribution in [0.3, 0.4) is 0 Å². The van der Waals surface area contributed by atoms with Crippen molar-refractivity contribution < 1.29 is 9.13 Å². The van der Waals surface area contributed by atoms with Gasteiger partial charge in [0.1, 0.15) is 0 Å². The van der Waals surface area contributed by atoms with Gasteiger partial charge in [-0.05, 0) is 50.5 Å². The van der Waals surface area contributed by atoms with Gasteiger partial charge in [-0.15, -0.1) is 0 Å². The molecule has 2 N–H and O–H groups in total. The van der Waals surface area contributed by atoms with Gasteiger partial charge in [-0.3, -0.25) is 4.99 Å². The molecule has 1 aromatic heterocycles. The van der Waals surface area contributed by atoms with Crippen LogP contribution < -0.4 is 15.5 Å². The van der Waals surface area contributed by atoms with E-state index in [1.807, 2.05) is 11.0 Å². The number of rotatable bonds is 6. The van der Waals surface area contributed by atoms with Gasteiger partial charge >= 0.3 is 0 Å². The highest BCUT2D eigenvalue weighted by molar-refractivity contribution is 5.80. The minimum Gasteiger partial charge on any atom is -0.371 e. The van der Waals surface area contributed by atoms with Gasteiger partial charge in [-0.25, -0.2) is 9.37 Å². The number of anilines is 1. The lowest BCUT2D eigenvalue weighted by Gasteiger charge is -2.20. The highest BCUT2D eigenvalue weighted by Gasteiger charge is 2.25. The van der Waals surface area contributed by atoms with Gasteiger partial charge in [-0.1, -0.05) is 24.3 Å². The zero-order chi connectivity index (χ0) is 21.6. The van der Waals surface area contributed by atoms with E-state index in [1.165, 1.54) is 6.07 Å². The molecular weight excluding hydrogens is 381 g/mol. The van der Waals surface area contributed by atoms with E-state index in [0.29, 0.717) is 25.5 Å². The molecule has 6 nitrogen and oxygen atoms in total. The molecule has 0 saturated carbocycles. The summed E-state index contributed by atoms with van der Waals surface area (Å²) in [7, 11) is 1.76. The largest absolute Gasteiger partial charge is 0.371 e. The van der Waals surface area contributed by atoms with Gasteiger partial charge < -0.3 is 20.3 Å². The Hall–Kier alpha value is -2.67. The third kappa shape index (κ3) is 6.42. The Morgan fingerprint density at radius 2 is 2.07 bits per heavy atom. The van der Waals surface area contributed by atoms with E-state index >= 15 is 0 Å². The van der Waals surface area contributed by atoms with Crippen LogP contribution in [0, 0.1) is 5.82 Å². The molecule has 1 aromatic carbocycles. The molecule has 0 amide bonds. The number of pyridine rings is 1. The fourth-order valence-corrected chi connectivity index (χ4v) is 3.38. The second kappa shape index (κ2) is 9.89.